The topological polar surface area (TPSA) is 60.2 Å². The van der Waals surface area contributed by atoms with E-state index in [4.69, 9.17) is 5.26 Å². The Balaban J connectivity index is 2.00. The predicted molar refractivity (Wildman–Crippen MR) is 72.6 cm³/mol. The minimum absolute atomic E-state index is 0.114. The molecule has 2 heterocycles. The number of rotatable bonds is 2. The number of anilines is 1. The average Bonchev–Trinajstić information content (AvgIpc) is 2.46. The number of hydrogen-bond donors (Lipinski definition) is 0. The molecular weight excluding hydrogens is 240 g/mol. The third-order valence-electron chi connectivity index (χ3n) is 3.68. The Morgan fingerprint density at radius 1 is 1.47 bits per heavy atom. The van der Waals surface area contributed by atoms with Gasteiger partial charge in [0.1, 0.15) is 17.6 Å². The highest BCUT2D eigenvalue weighted by molar-refractivity contribution is 5.73. The maximum Gasteiger partial charge on any atom is 0.219 e. The van der Waals surface area contributed by atoms with Crippen molar-refractivity contribution in [2.45, 2.75) is 25.8 Å². The van der Waals surface area contributed by atoms with Crippen molar-refractivity contribution in [1.82, 2.24) is 9.88 Å². The first kappa shape index (κ1) is 13.3. The Hall–Kier alpha value is -2.09. The summed E-state index contributed by atoms with van der Waals surface area (Å²) in [6.07, 6.45) is 1.88. The summed E-state index contributed by atoms with van der Waals surface area (Å²) in [5.41, 5.74) is 0.445. The van der Waals surface area contributed by atoms with E-state index in [-0.39, 0.29) is 5.91 Å². The van der Waals surface area contributed by atoms with Gasteiger partial charge in [0.05, 0.1) is 0 Å². The van der Waals surface area contributed by atoms with E-state index < -0.39 is 0 Å². The van der Waals surface area contributed by atoms with Crippen LogP contribution in [0.3, 0.4) is 0 Å². The first-order chi connectivity index (χ1) is 9.11. The van der Waals surface area contributed by atoms with Crippen LogP contribution in [-0.2, 0) is 4.79 Å². The number of pyridine rings is 1. The van der Waals surface area contributed by atoms with E-state index >= 15 is 0 Å². The smallest absolute Gasteiger partial charge is 0.219 e. The van der Waals surface area contributed by atoms with E-state index in [2.05, 4.69) is 16.0 Å². The lowest BCUT2D eigenvalue weighted by Crippen LogP contribution is -2.45. The second-order valence-corrected chi connectivity index (χ2v) is 4.84. The van der Waals surface area contributed by atoms with Gasteiger partial charge in [-0.15, -0.1) is 0 Å². The van der Waals surface area contributed by atoms with Crippen molar-refractivity contribution in [1.29, 1.82) is 5.26 Å². The van der Waals surface area contributed by atoms with Crippen LogP contribution in [-0.4, -0.2) is 42.0 Å². The maximum atomic E-state index is 11.3. The Bertz CT molecular complexity index is 500. The molecule has 0 aromatic carbocycles. The zero-order valence-corrected chi connectivity index (χ0v) is 11.3. The van der Waals surface area contributed by atoms with Crippen molar-refractivity contribution in [3.8, 4) is 6.07 Å². The van der Waals surface area contributed by atoms with Gasteiger partial charge in [-0.3, -0.25) is 4.79 Å². The maximum absolute atomic E-state index is 11.3. The molecule has 0 bridgehead atoms. The van der Waals surface area contributed by atoms with Crippen LogP contribution in [0.4, 0.5) is 5.82 Å². The molecule has 0 N–H and O–H groups in total. The molecule has 0 radical (unpaired) electrons. The molecule has 1 aromatic heterocycles. The van der Waals surface area contributed by atoms with Crippen LogP contribution in [0.25, 0.3) is 0 Å². The molecule has 1 amide bonds. The zero-order chi connectivity index (χ0) is 13.8. The molecule has 0 spiro atoms. The molecular formula is C14H18N4O. The average molecular weight is 258 g/mol. The highest BCUT2D eigenvalue weighted by Crippen LogP contribution is 2.20. The monoisotopic (exact) mass is 258 g/mol. The first-order valence-electron chi connectivity index (χ1n) is 6.47. The minimum atomic E-state index is 0.114. The van der Waals surface area contributed by atoms with E-state index in [0.717, 1.165) is 31.7 Å². The molecule has 2 rings (SSSR count). The summed E-state index contributed by atoms with van der Waals surface area (Å²) in [6, 6.07) is 7.86. The molecule has 0 aliphatic carbocycles. The molecule has 5 heteroatoms. The highest BCUT2D eigenvalue weighted by atomic mass is 16.2. The standard InChI is InChI=1S/C14H18N4O/c1-11(19)17(2)13-6-8-18(9-7-13)14-5-3-4-12(10-15)16-14/h3-5,13H,6-9H2,1-2H3. The van der Waals surface area contributed by atoms with Gasteiger partial charge in [-0.05, 0) is 25.0 Å². The van der Waals surface area contributed by atoms with E-state index in [1.165, 1.54) is 0 Å². The summed E-state index contributed by atoms with van der Waals surface area (Å²) in [4.78, 5) is 19.6. The summed E-state index contributed by atoms with van der Waals surface area (Å²) in [7, 11) is 1.86. The number of hydrogen-bond acceptors (Lipinski definition) is 4. The fraction of sp³-hybridized carbons (Fsp3) is 0.500. The lowest BCUT2D eigenvalue weighted by molar-refractivity contribution is -0.129. The van der Waals surface area contributed by atoms with Crippen LogP contribution in [0.5, 0.6) is 0 Å². The lowest BCUT2D eigenvalue weighted by Gasteiger charge is -2.36. The summed E-state index contributed by atoms with van der Waals surface area (Å²) in [5, 5.41) is 8.86. The molecule has 1 aliphatic heterocycles. The normalized spacial score (nSPS) is 15.9. The third kappa shape index (κ3) is 3.02. The van der Waals surface area contributed by atoms with Gasteiger partial charge in [-0.25, -0.2) is 4.98 Å². The van der Waals surface area contributed by atoms with Crippen molar-refractivity contribution in [3.05, 3.63) is 23.9 Å². The van der Waals surface area contributed by atoms with E-state index in [1.54, 1.807) is 13.0 Å². The number of carbonyl (C=O) groups excluding carboxylic acids is 1. The van der Waals surface area contributed by atoms with E-state index in [9.17, 15) is 4.79 Å². The van der Waals surface area contributed by atoms with Crippen molar-refractivity contribution in [2.24, 2.45) is 0 Å². The molecule has 0 unspecified atom stereocenters. The van der Waals surface area contributed by atoms with Gasteiger partial charge in [-0.2, -0.15) is 5.26 Å². The van der Waals surface area contributed by atoms with E-state index in [1.807, 2.05) is 24.1 Å². The number of aromatic nitrogens is 1. The summed E-state index contributed by atoms with van der Waals surface area (Å²) in [5.74, 6) is 0.964. The lowest BCUT2D eigenvalue weighted by atomic mass is 10.0. The largest absolute Gasteiger partial charge is 0.356 e. The third-order valence-corrected chi connectivity index (χ3v) is 3.68. The molecule has 100 valence electrons. The van der Waals surface area contributed by atoms with Crippen molar-refractivity contribution >= 4 is 11.7 Å². The Kier molecular flexibility index (Phi) is 4.00. The fourth-order valence-electron chi connectivity index (χ4n) is 2.40. The molecule has 1 saturated heterocycles. The van der Waals surface area contributed by atoms with Crippen molar-refractivity contribution in [3.63, 3.8) is 0 Å². The molecule has 19 heavy (non-hydrogen) atoms. The Labute approximate surface area is 113 Å². The van der Waals surface area contributed by atoms with Crippen LogP contribution in [0.2, 0.25) is 0 Å². The van der Waals surface area contributed by atoms with Crippen LogP contribution in [0.1, 0.15) is 25.5 Å². The zero-order valence-electron chi connectivity index (χ0n) is 11.3. The van der Waals surface area contributed by atoms with Gasteiger partial charge in [-0.1, -0.05) is 6.07 Å². The van der Waals surface area contributed by atoms with Crippen molar-refractivity contribution in [2.75, 3.05) is 25.0 Å². The van der Waals surface area contributed by atoms with E-state index in [0.29, 0.717) is 11.7 Å². The predicted octanol–water partition coefficient (Wildman–Crippen LogP) is 1.40. The van der Waals surface area contributed by atoms with Crippen LogP contribution < -0.4 is 4.90 Å². The molecule has 0 saturated carbocycles. The Morgan fingerprint density at radius 2 is 2.16 bits per heavy atom. The summed E-state index contributed by atoms with van der Waals surface area (Å²) >= 11 is 0. The highest BCUT2D eigenvalue weighted by Gasteiger charge is 2.24. The summed E-state index contributed by atoms with van der Waals surface area (Å²) in [6.45, 7) is 3.33. The number of amides is 1. The second-order valence-electron chi connectivity index (χ2n) is 4.84. The fourth-order valence-corrected chi connectivity index (χ4v) is 2.40. The molecule has 5 nitrogen and oxygen atoms in total. The second kappa shape index (κ2) is 5.70. The molecule has 1 aromatic rings. The van der Waals surface area contributed by atoms with Gasteiger partial charge in [0.2, 0.25) is 5.91 Å². The first-order valence-corrected chi connectivity index (χ1v) is 6.47. The molecule has 1 aliphatic rings. The minimum Gasteiger partial charge on any atom is -0.356 e. The van der Waals surface area contributed by atoms with Gasteiger partial charge in [0.15, 0.2) is 0 Å². The van der Waals surface area contributed by atoms with Gasteiger partial charge in [0, 0.05) is 33.1 Å². The molecule has 1 fully saturated rings. The van der Waals surface area contributed by atoms with Gasteiger partial charge in [0.25, 0.3) is 0 Å². The van der Waals surface area contributed by atoms with Gasteiger partial charge >= 0.3 is 0 Å². The number of carbonyl (C=O) groups is 1. The van der Waals surface area contributed by atoms with Crippen LogP contribution >= 0.6 is 0 Å². The SMILES string of the molecule is CC(=O)N(C)C1CCN(c2cccc(C#N)n2)CC1. The number of nitrogens with zero attached hydrogens (tertiary/aromatic N) is 4. The molecule has 0 atom stereocenters. The van der Waals surface area contributed by atoms with Crippen molar-refractivity contribution < 1.29 is 4.79 Å². The van der Waals surface area contributed by atoms with Crippen LogP contribution in [0, 0.1) is 11.3 Å². The van der Waals surface area contributed by atoms with Crippen LogP contribution in [0.15, 0.2) is 18.2 Å². The number of nitriles is 1. The quantitative estimate of drug-likeness (QED) is 0.804. The number of piperidine rings is 1. The van der Waals surface area contributed by atoms with Gasteiger partial charge < -0.3 is 9.80 Å². The summed E-state index contributed by atoms with van der Waals surface area (Å²) < 4.78 is 0. The Morgan fingerprint density at radius 3 is 2.74 bits per heavy atom.